The molecule has 3 rings (SSSR count). The summed E-state index contributed by atoms with van der Waals surface area (Å²) in [5, 5.41) is 4.26. The summed E-state index contributed by atoms with van der Waals surface area (Å²) in [4.78, 5) is 0. The number of hydrazine groups is 1. The fourth-order valence-corrected chi connectivity index (χ4v) is 4.11. The van der Waals surface area contributed by atoms with Gasteiger partial charge in [-0.1, -0.05) is 24.3 Å². The highest BCUT2D eigenvalue weighted by atomic mass is 79.9. The van der Waals surface area contributed by atoms with Crippen LogP contribution >= 0.6 is 27.3 Å². The Balaban J connectivity index is 1.93. The molecule has 3 N–H and O–H groups in total. The van der Waals surface area contributed by atoms with E-state index in [9.17, 15) is 0 Å². The molecule has 0 saturated carbocycles. The van der Waals surface area contributed by atoms with Crippen molar-refractivity contribution in [3.63, 3.8) is 0 Å². The van der Waals surface area contributed by atoms with Gasteiger partial charge < -0.3 is 0 Å². The minimum atomic E-state index is 0.200. The van der Waals surface area contributed by atoms with Crippen molar-refractivity contribution in [2.45, 2.75) is 18.4 Å². The predicted molar refractivity (Wildman–Crippen MR) is 75.0 cm³/mol. The smallest absolute Gasteiger partial charge is 0.0551 e. The number of fused-ring (bicyclic) bond motifs is 1. The first kappa shape index (κ1) is 11.4. The Morgan fingerprint density at radius 1 is 1.35 bits per heavy atom. The van der Waals surface area contributed by atoms with Crippen molar-refractivity contribution in [3.8, 4) is 0 Å². The summed E-state index contributed by atoms with van der Waals surface area (Å²) in [7, 11) is 0. The molecule has 2 unspecified atom stereocenters. The van der Waals surface area contributed by atoms with E-state index in [0.717, 1.165) is 10.9 Å². The van der Waals surface area contributed by atoms with Crippen LogP contribution in [0.4, 0.5) is 0 Å². The van der Waals surface area contributed by atoms with Crippen LogP contribution in [0.2, 0.25) is 0 Å². The number of thiophene rings is 1. The van der Waals surface area contributed by atoms with Gasteiger partial charge in [-0.3, -0.25) is 11.3 Å². The summed E-state index contributed by atoms with van der Waals surface area (Å²) in [5.41, 5.74) is 7.10. The Morgan fingerprint density at radius 2 is 2.18 bits per heavy atom. The van der Waals surface area contributed by atoms with Crippen molar-refractivity contribution >= 4 is 27.3 Å². The molecule has 0 amide bonds. The molecular weight excluding hydrogens is 296 g/mol. The van der Waals surface area contributed by atoms with Crippen LogP contribution in [0, 0.1) is 0 Å². The lowest BCUT2D eigenvalue weighted by Crippen LogP contribution is -2.37. The number of hydrogen-bond donors (Lipinski definition) is 2. The Morgan fingerprint density at radius 3 is 2.82 bits per heavy atom. The Kier molecular flexibility index (Phi) is 3.04. The minimum Gasteiger partial charge on any atom is -0.271 e. The number of halogens is 1. The zero-order valence-electron chi connectivity index (χ0n) is 9.19. The lowest BCUT2D eigenvalue weighted by Gasteiger charge is -2.36. The van der Waals surface area contributed by atoms with E-state index in [1.54, 1.807) is 11.3 Å². The van der Waals surface area contributed by atoms with Crippen molar-refractivity contribution in [3.05, 3.63) is 56.2 Å². The van der Waals surface area contributed by atoms with Crippen molar-refractivity contribution in [2.24, 2.45) is 5.84 Å². The molecule has 2 atom stereocenters. The van der Waals surface area contributed by atoms with Crippen LogP contribution in [0.25, 0.3) is 0 Å². The van der Waals surface area contributed by atoms with E-state index in [2.05, 4.69) is 56.4 Å². The maximum absolute atomic E-state index is 5.73. The van der Waals surface area contributed by atoms with Crippen molar-refractivity contribution < 1.29 is 0 Å². The van der Waals surface area contributed by atoms with E-state index < -0.39 is 0 Å². The van der Waals surface area contributed by atoms with Gasteiger partial charge in [-0.2, -0.15) is 11.3 Å². The van der Waals surface area contributed by atoms with Gasteiger partial charge in [0.2, 0.25) is 0 Å². The molecule has 0 bridgehead atoms. The molecule has 0 aliphatic heterocycles. The first-order chi connectivity index (χ1) is 8.31. The topological polar surface area (TPSA) is 38.0 Å². The summed E-state index contributed by atoms with van der Waals surface area (Å²) in [6.07, 6.45) is 1.10. The first-order valence-electron chi connectivity index (χ1n) is 5.56. The molecule has 0 radical (unpaired) electrons. The summed E-state index contributed by atoms with van der Waals surface area (Å²) in [6.45, 7) is 0. The molecule has 2 nitrogen and oxygen atoms in total. The second-order valence-electron chi connectivity index (χ2n) is 4.33. The molecule has 0 saturated heterocycles. The number of benzene rings is 1. The SMILES string of the molecule is NNC(c1cscc1Br)C1Cc2ccccc21. The Hall–Kier alpha value is -0.680. The highest BCUT2D eigenvalue weighted by Crippen LogP contribution is 2.45. The average molecular weight is 309 g/mol. The van der Waals surface area contributed by atoms with E-state index in [0.29, 0.717) is 5.92 Å². The lowest BCUT2D eigenvalue weighted by atomic mass is 9.72. The fraction of sp³-hybridized carbons (Fsp3) is 0.231. The first-order valence-corrected chi connectivity index (χ1v) is 7.30. The van der Waals surface area contributed by atoms with Crippen molar-refractivity contribution in [2.75, 3.05) is 0 Å². The standard InChI is InChI=1S/C13H13BrN2S/c14-12-7-17-6-11(12)13(16-15)10-5-8-3-1-2-4-9(8)10/h1-4,6-7,10,13,16H,5,15H2. The van der Waals surface area contributed by atoms with E-state index >= 15 is 0 Å². The second kappa shape index (κ2) is 4.53. The molecule has 0 spiro atoms. The van der Waals surface area contributed by atoms with Gasteiger partial charge >= 0.3 is 0 Å². The maximum atomic E-state index is 5.73. The molecule has 1 heterocycles. The quantitative estimate of drug-likeness (QED) is 0.674. The number of nitrogens with two attached hydrogens (primary N) is 1. The predicted octanol–water partition coefficient (Wildman–Crippen LogP) is 3.35. The van der Waals surface area contributed by atoms with Gasteiger partial charge in [0.05, 0.1) is 6.04 Å². The van der Waals surface area contributed by atoms with Crippen LogP contribution in [-0.4, -0.2) is 0 Å². The van der Waals surface area contributed by atoms with Crippen LogP contribution in [0.3, 0.4) is 0 Å². The van der Waals surface area contributed by atoms with Crippen LogP contribution in [0.15, 0.2) is 39.5 Å². The minimum absolute atomic E-state index is 0.200. The van der Waals surface area contributed by atoms with Crippen molar-refractivity contribution in [1.82, 2.24) is 5.43 Å². The molecule has 88 valence electrons. The third-order valence-corrected chi connectivity index (χ3v) is 5.21. The van der Waals surface area contributed by atoms with Gasteiger partial charge in [0.1, 0.15) is 0 Å². The molecule has 2 aromatic rings. The van der Waals surface area contributed by atoms with Gasteiger partial charge in [-0.15, -0.1) is 0 Å². The molecule has 4 heteroatoms. The summed E-state index contributed by atoms with van der Waals surface area (Å²) < 4.78 is 1.15. The zero-order chi connectivity index (χ0) is 11.8. The van der Waals surface area contributed by atoms with Gasteiger partial charge in [-0.05, 0) is 44.4 Å². The Labute approximate surface area is 113 Å². The third kappa shape index (κ3) is 1.85. The summed E-state index contributed by atoms with van der Waals surface area (Å²) in [5.74, 6) is 6.22. The van der Waals surface area contributed by atoms with Gasteiger partial charge in [0.25, 0.3) is 0 Å². The molecule has 17 heavy (non-hydrogen) atoms. The Bertz CT molecular complexity index is 538. The monoisotopic (exact) mass is 308 g/mol. The van der Waals surface area contributed by atoms with E-state index in [1.807, 2.05) is 0 Å². The van der Waals surface area contributed by atoms with Crippen LogP contribution in [-0.2, 0) is 6.42 Å². The summed E-state index contributed by atoms with van der Waals surface area (Å²) >= 11 is 5.28. The summed E-state index contributed by atoms with van der Waals surface area (Å²) in [6, 6.07) is 8.79. The highest BCUT2D eigenvalue weighted by molar-refractivity contribution is 9.10. The maximum Gasteiger partial charge on any atom is 0.0551 e. The average Bonchev–Trinajstić information content (AvgIpc) is 2.72. The van der Waals surface area contributed by atoms with Gasteiger partial charge in [0, 0.05) is 15.8 Å². The molecular formula is C13H13BrN2S. The number of nitrogens with one attached hydrogen (secondary N) is 1. The van der Waals surface area contributed by atoms with Gasteiger partial charge in [-0.25, -0.2) is 0 Å². The molecule has 1 aromatic heterocycles. The normalized spacial score (nSPS) is 19.5. The molecule has 1 aromatic carbocycles. The molecule has 1 aliphatic carbocycles. The largest absolute Gasteiger partial charge is 0.271 e. The van der Waals surface area contributed by atoms with E-state index in [1.165, 1.54) is 16.7 Å². The van der Waals surface area contributed by atoms with Crippen LogP contribution in [0.1, 0.15) is 28.7 Å². The van der Waals surface area contributed by atoms with E-state index in [4.69, 9.17) is 5.84 Å². The van der Waals surface area contributed by atoms with Crippen LogP contribution < -0.4 is 11.3 Å². The third-order valence-electron chi connectivity index (χ3n) is 3.45. The number of rotatable bonds is 3. The van der Waals surface area contributed by atoms with Crippen LogP contribution in [0.5, 0.6) is 0 Å². The fourth-order valence-electron chi connectivity index (χ4n) is 2.53. The highest BCUT2D eigenvalue weighted by Gasteiger charge is 2.34. The molecule has 1 aliphatic rings. The zero-order valence-corrected chi connectivity index (χ0v) is 11.6. The molecule has 0 fully saturated rings. The van der Waals surface area contributed by atoms with Crippen molar-refractivity contribution in [1.29, 1.82) is 0 Å². The second-order valence-corrected chi connectivity index (χ2v) is 5.93. The van der Waals surface area contributed by atoms with Gasteiger partial charge in [0.15, 0.2) is 0 Å². The number of hydrogen-bond acceptors (Lipinski definition) is 3. The lowest BCUT2D eigenvalue weighted by molar-refractivity contribution is 0.419. The van der Waals surface area contributed by atoms with E-state index in [-0.39, 0.29) is 6.04 Å².